The summed E-state index contributed by atoms with van der Waals surface area (Å²) in [5, 5.41) is 6.46. The van der Waals surface area contributed by atoms with E-state index < -0.39 is 21.5 Å². The number of sulfonamides is 1. The Bertz CT molecular complexity index is 576. The third kappa shape index (κ3) is 2.25. The van der Waals surface area contributed by atoms with Crippen LogP contribution in [0.2, 0.25) is 0 Å². The first-order chi connectivity index (χ1) is 8.22. The lowest BCUT2D eigenvalue weighted by Gasteiger charge is -2.23. The predicted octanol–water partition coefficient (Wildman–Crippen LogP) is -0.777. The summed E-state index contributed by atoms with van der Waals surface area (Å²) in [6.45, 7) is 4.12. The van der Waals surface area contributed by atoms with Gasteiger partial charge in [0.25, 0.3) is 0 Å². The zero-order valence-corrected chi connectivity index (χ0v) is 11.3. The highest BCUT2D eigenvalue weighted by Crippen LogP contribution is 2.26. The van der Waals surface area contributed by atoms with Gasteiger partial charge in [-0.3, -0.25) is 9.48 Å². The zero-order valence-electron chi connectivity index (χ0n) is 10.5. The van der Waals surface area contributed by atoms with Gasteiger partial charge in [-0.15, -0.1) is 0 Å². The van der Waals surface area contributed by atoms with Crippen molar-refractivity contribution >= 4 is 15.9 Å². The second kappa shape index (κ2) is 4.06. The van der Waals surface area contributed by atoms with E-state index in [1.165, 1.54) is 17.1 Å². The van der Waals surface area contributed by atoms with Crippen molar-refractivity contribution < 1.29 is 13.2 Å². The number of amides is 1. The number of hydrogen-bond donors (Lipinski definition) is 2. The maximum Gasteiger partial charge on any atom is 0.244 e. The van der Waals surface area contributed by atoms with Gasteiger partial charge in [0, 0.05) is 25.2 Å². The molecule has 0 aliphatic carbocycles. The molecule has 2 N–H and O–H groups in total. The minimum absolute atomic E-state index is 0.0560. The molecule has 0 unspecified atom stereocenters. The number of aromatic nitrogens is 2. The molecule has 7 nitrogen and oxygen atoms in total. The molecule has 2 rings (SSSR count). The quantitative estimate of drug-likeness (QED) is 0.755. The molecule has 0 aromatic carbocycles. The van der Waals surface area contributed by atoms with Crippen LogP contribution in [0.3, 0.4) is 0 Å². The van der Waals surface area contributed by atoms with Crippen molar-refractivity contribution in [3.05, 3.63) is 12.4 Å². The van der Waals surface area contributed by atoms with E-state index in [4.69, 9.17) is 0 Å². The monoisotopic (exact) mass is 272 g/mol. The van der Waals surface area contributed by atoms with Crippen LogP contribution in [0.15, 0.2) is 17.3 Å². The van der Waals surface area contributed by atoms with Crippen molar-refractivity contribution in [1.82, 2.24) is 19.8 Å². The fourth-order valence-corrected chi connectivity index (χ4v) is 3.20. The third-order valence-corrected chi connectivity index (χ3v) is 4.40. The maximum atomic E-state index is 12.1. The number of hydrogen-bond acceptors (Lipinski definition) is 4. The molecule has 1 atom stereocenters. The largest absolute Gasteiger partial charge is 0.354 e. The first-order valence-corrected chi connectivity index (χ1v) is 6.99. The number of rotatable bonds is 3. The van der Waals surface area contributed by atoms with Crippen molar-refractivity contribution in [2.75, 3.05) is 6.54 Å². The fraction of sp³-hybridized carbons (Fsp3) is 0.600. The van der Waals surface area contributed by atoms with E-state index in [-0.39, 0.29) is 10.8 Å². The summed E-state index contributed by atoms with van der Waals surface area (Å²) < 4.78 is 28.0. The van der Waals surface area contributed by atoms with Crippen LogP contribution in [0.1, 0.15) is 13.8 Å². The second-order valence-corrected chi connectivity index (χ2v) is 6.82. The van der Waals surface area contributed by atoms with Crippen LogP contribution in [-0.4, -0.2) is 36.7 Å². The zero-order chi connectivity index (χ0) is 13.6. The number of nitrogens with zero attached hydrogens (tertiary/aromatic N) is 2. The van der Waals surface area contributed by atoms with Gasteiger partial charge in [0.15, 0.2) is 0 Å². The van der Waals surface area contributed by atoms with Gasteiger partial charge in [-0.1, -0.05) is 13.8 Å². The molecule has 0 bridgehead atoms. The molecule has 100 valence electrons. The summed E-state index contributed by atoms with van der Waals surface area (Å²) in [7, 11) is -2.09. The molecule has 1 aliphatic rings. The van der Waals surface area contributed by atoms with Crippen LogP contribution in [0.4, 0.5) is 0 Å². The van der Waals surface area contributed by atoms with Crippen molar-refractivity contribution in [2.24, 2.45) is 12.5 Å². The lowest BCUT2D eigenvalue weighted by Crippen LogP contribution is -2.46. The summed E-state index contributed by atoms with van der Waals surface area (Å²) in [4.78, 5) is 11.7. The highest BCUT2D eigenvalue weighted by molar-refractivity contribution is 7.89. The molecule has 0 saturated carbocycles. The molecule has 0 radical (unpaired) electrons. The van der Waals surface area contributed by atoms with Crippen LogP contribution in [-0.2, 0) is 21.9 Å². The number of carbonyl (C=O) groups excluding carboxylic acids is 1. The van der Waals surface area contributed by atoms with Gasteiger partial charge < -0.3 is 5.32 Å². The lowest BCUT2D eigenvalue weighted by atomic mass is 9.88. The Morgan fingerprint density at radius 2 is 2.22 bits per heavy atom. The summed E-state index contributed by atoms with van der Waals surface area (Å²) in [6.07, 6.45) is 2.64. The molecule has 8 heteroatoms. The molecule has 1 saturated heterocycles. The van der Waals surface area contributed by atoms with Crippen molar-refractivity contribution in [3.8, 4) is 0 Å². The van der Waals surface area contributed by atoms with Gasteiger partial charge in [0.1, 0.15) is 10.9 Å². The van der Waals surface area contributed by atoms with Gasteiger partial charge in [0.05, 0.1) is 6.20 Å². The molecule has 1 aliphatic heterocycles. The van der Waals surface area contributed by atoms with E-state index in [1.807, 2.05) is 13.8 Å². The smallest absolute Gasteiger partial charge is 0.244 e. The molecular weight excluding hydrogens is 256 g/mol. The van der Waals surface area contributed by atoms with Crippen LogP contribution < -0.4 is 10.0 Å². The third-order valence-electron chi connectivity index (χ3n) is 3.03. The average molecular weight is 272 g/mol. The molecule has 1 aromatic heterocycles. The molecular formula is C10H16N4O3S. The number of aryl methyl sites for hydroxylation is 1. The van der Waals surface area contributed by atoms with E-state index in [2.05, 4.69) is 15.1 Å². The first kappa shape index (κ1) is 13.0. The molecule has 1 fully saturated rings. The van der Waals surface area contributed by atoms with Gasteiger partial charge in [-0.25, -0.2) is 8.42 Å². The van der Waals surface area contributed by atoms with Gasteiger partial charge in [0.2, 0.25) is 15.9 Å². The summed E-state index contributed by atoms with van der Waals surface area (Å²) >= 11 is 0. The Morgan fingerprint density at radius 1 is 1.56 bits per heavy atom. The number of carbonyl (C=O) groups is 1. The Morgan fingerprint density at radius 3 is 2.67 bits per heavy atom. The SMILES string of the molecule is Cn1cc(S(=O)(=O)N[C@@H]2C(=O)NCC2(C)C)cn1. The van der Waals surface area contributed by atoms with E-state index in [0.717, 1.165) is 0 Å². The molecule has 1 aromatic rings. The summed E-state index contributed by atoms with van der Waals surface area (Å²) in [6, 6.07) is -0.761. The summed E-state index contributed by atoms with van der Waals surface area (Å²) in [5.74, 6) is -0.299. The predicted molar refractivity (Wildman–Crippen MR) is 64.1 cm³/mol. The van der Waals surface area contributed by atoms with E-state index >= 15 is 0 Å². The molecule has 0 spiro atoms. The molecule has 1 amide bonds. The van der Waals surface area contributed by atoms with Gasteiger partial charge in [-0.2, -0.15) is 9.82 Å². The van der Waals surface area contributed by atoms with Crippen LogP contribution in [0, 0.1) is 5.41 Å². The van der Waals surface area contributed by atoms with Crippen LogP contribution in [0.5, 0.6) is 0 Å². The molecule has 18 heavy (non-hydrogen) atoms. The van der Waals surface area contributed by atoms with Gasteiger partial charge in [-0.05, 0) is 0 Å². The topological polar surface area (TPSA) is 93.1 Å². The van der Waals surface area contributed by atoms with E-state index in [9.17, 15) is 13.2 Å². The minimum Gasteiger partial charge on any atom is -0.354 e. The van der Waals surface area contributed by atoms with Crippen LogP contribution in [0.25, 0.3) is 0 Å². The Kier molecular flexibility index (Phi) is 2.94. The Labute approximate surface area is 106 Å². The lowest BCUT2D eigenvalue weighted by molar-refractivity contribution is -0.121. The van der Waals surface area contributed by atoms with E-state index in [0.29, 0.717) is 6.54 Å². The Hall–Kier alpha value is -1.41. The van der Waals surface area contributed by atoms with Crippen molar-refractivity contribution in [3.63, 3.8) is 0 Å². The fourth-order valence-electron chi connectivity index (χ4n) is 1.85. The van der Waals surface area contributed by atoms with Crippen molar-refractivity contribution in [2.45, 2.75) is 24.8 Å². The normalized spacial score (nSPS) is 23.1. The first-order valence-electron chi connectivity index (χ1n) is 5.51. The van der Waals surface area contributed by atoms with E-state index in [1.54, 1.807) is 7.05 Å². The number of nitrogens with one attached hydrogen (secondary N) is 2. The Balaban J connectivity index is 2.26. The van der Waals surface area contributed by atoms with Crippen molar-refractivity contribution in [1.29, 1.82) is 0 Å². The minimum atomic E-state index is -3.72. The van der Waals surface area contributed by atoms with Gasteiger partial charge >= 0.3 is 0 Å². The second-order valence-electron chi connectivity index (χ2n) is 5.11. The van der Waals surface area contributed by atoms with Crippen LogP contribution >= 0.6 is 0 Å². The standard InChI is InChI=1S/C10H16N4O3S/c1-10(2)6-11-9(15)8(10)13-18(16,17)7-4-12-14(3)5-7/h4-5,8,13H,6H2,1-3H3,(H,11,15)/t8-/m1/s1. The highest BCUT2D eigenvalue weighted by Gasteiger charge is 2.43. The maximum absolute atomic E-state index is 12.1. The average Bonchev–Trinajstić information content (AvgIpc) is 2.78. The highest BCUT2D eigenvalue weighted by atomic mass is 32.2. The molecule has 2 heterocycles. The summed E-state index contributed by atoms with van der Waals surface area (Å²) in [5.41, 5.74) is -0.452.